The second-order valence-corrected chi connectivity index (χ2v) is 7.77. The summed E-state index contributed by atoms with van der Waals surface area (Å²) < 4.78 is 19.1. The standard InChI is InChI=1S/C24H23FN4O3/c1-15-21(22(26)30)12-27-23(28-15)18-8-9-29(13-18)24(31)17-5-3-7-20(11-17)32-14-16-4-2-6-19(25)10-16/h2-7,10-12,18H,8-9,13-14H2,1H3,(H2,26,30)/t18-/m1/s1. The summed E-state index contributed by atoms with van der Waals surface area (Å²) in [4.78, 5) is 34.9. The van der Waals surface area contributed by atoms with Gasteiger partial charge in [0.2, 0.25) is 0 Å². The van der Waals surface area contributed by atoms with Crippen LogP contribution in [0.25, 0.3) is 0 Å². The predicted octanol–water partition coefficient (Wildman–Crippen LogP) is 3.23. The molecule has 0 radical (unpaired) electrons. The minimum Gasteiger partial charge on any atom is -0.489 e. The predicted molar refractivity (Wildman–Crippen MR) is 116 cm³/mol. The van der Waals surface area contributed by atoms with Crippen molar-refractivity contribution in [2.75, 3.05) is 13.1 Å². The topological polar surface area (TPSA) is 98.4 Å². The van der Waals surface area contributed by atoms with E-state index in [1.807, 2.05) is 0 Å². The van der Waals surface area contributed by atoms with E-state index in [4.69, 9.17) is 10.5 Å². The van der Waals surface area contributed by atoms with E-state index in [9.17, 15) is 14.0 Å². The number of aromatic nitrogens is 2. The van der Waals surface area contributed by atoms with Crippen LogP contribution in [0.1, 0.15) is 50.1 Å². The summed E-state index contributed by atoms with van der Waals surface area (Å²) in [5, 5.41) is 0. The molecule has 1 aromatic heterocycles. The van der Waals surface area contributed by atoms with Crippen LogP contribution in [0.3, 0.4) is 0 Å². The number of amides is 2. The lowest BCUT2D eigenvalue weighted by Crippen LogP contribution is -2.28. The molecule has 2 aromatic carbocycles. The molecule has 7 nitrogen and oxygen atoms in total. The summed E-state index contributed by atoms with van der Waals surface area (Å²) in [7, 11) is 0. The van der Waals surface area contributed by atoms with E-state index >= 15 is 0 Å². The number of halogens is 1. The molecular formula is C24H23FN4O3. The molecule has 1 fully saturated rings. The van der Waals surface area contributed by atoms with Gasteiger partial charge in [-0.15, -0.1) is 0 Å². The molecule has 2 heterocycles. The van der Waals surface area contributed by atoms with E-state index in [2.05, 4.69) is 9.97 Å². The Morgan fingerprint density at radius 3 is 2.78 bits per heavy atom. The average Bonchev–Trinajstić information content (AvgIpc) is 3.27. The van der Waals surface area contributed by atoms with Crippen molar-refractivity contribution in [3.8, 4) is 5.75 Å². The average molecular weight is 434 g/mol. The first-order valence-corrected chi connectivity index (χ1v) is 10.3. The highest BCUT2D eigenvalue weighted by Gasteiger charge is 2.30. The van der Waals surface area contributed by atoms with Crippen molar-refractivity contribution in [1.29, 1.82) is 0 Å². The Bertz CT molecular complexity index is 1170. The van der Waals surface area contributed by atoms with Crippen molar-refractivity contribution in [3.05, 3.63) is 88.8 Å². The van der Waals surface area contributed by atoms with E-state index in [0.717, 1.165) is 6.42 Å². The van der Waals surface area contributed by atoms with Gasteiger partial charge in [-0.25, -0.2) is 14.4 Å². The fraction of sp³-hybridized carbons (Fsp3) is 0.250. The normalized spacial score (nSPS) is 15.6. The number of likely N-dealkylation sites (tertiary alicyclic amines) is 1. The minimum absolute atomic E-state index is 0.00742. The second kappa shape index (κ2) is 9.13. The number of primary amides is 1. The maximum absolute atomic E-state index is 13.3. The first kappa shape index (κ1) is 21.4. The summed E-state index contributed by atoms with van der Waals surface area (Å²) in [5.74, 6) is 0.159. The van der Waals surface area contributed by atoms with Gasteiger partial charge in [0, 0.05) is 30.8 Å². The van der Waals surface area contributed by atoms with Gasteiger partial charge < -0.3 is 15.4 Å². The molecule has 1 aliphatic rings. The second-order valence-electron chi connectivity index (χ2n) is 7.77. The van der Waals surface area contributed by atoms with Gasteiger partial charge in [0.15, 0.2) is 0 Å². The molecule has 0 unspecified atom stereocenters. The monoisotopic (exact) mass is 434 g/mol. The van der Waals surface area contributed by atoms with Crippen LogP contribution < -0.4 is 10.5 Å². The molecule has 2 N–H and O–H groups in total. The van der Waals surface area contributed by atoms with Gasteiger partial charge in [0.05, 0.1) is 11.3 Å². The number of rotatable bonds is 6. The molecule has 8 heteroatoms. The van der Waals surface area contributed by atoms with Gasteiger partial charge in [-0.3, -0.25) is 9.59 Å². The van der Waals surface area contributed by atoms with Crippen LogP contribution in [0.15, 0.2) is 54.7 Å². The lowest BCUT2D eigenvalue weighted by atomic mass is 10.1. The highest BCUT2D eigenvalue weighted by Crippen LogP contribution is 2.27. The van der Waals surface area contributed by atoms with Gasteiger partial charge in [-0.2, -0.15) is 0 Å². The molecule has 164 valence electrons. The van der Waals surface area contributed by atoms with E-state index < -0.39 is 5.91 Å². The quantitative estimate of drug-likeness (QED) is 0.642. The van der Waals surface area contributed by atoms with E-state index in [1.54, 1.807) is 48.2 Å². The van der Waals surface area contributed by atoms with Crippen LogP contribution in [0.4, 0.5) is 4.39 Å². The molecule has 0 bridgehead atoms. The Hall–Kier alpha value is -3.81. The Morgan fingerprint density at radius 1 is 1.22 bits per heavy atom. The summed E-state index contributed by atoms with van der Waals surface area (Å²) >= 11 is 0. The zero-order chi connectivity index (χ0) is 22.7. The summed E-state index contributed by atoms with van der Waals surface area (Å²) in [5.41, 5.74) is 7.38. The third-order valence-electron chi connectivity index (χ3n) is 5.48. The number of hydrogen-bond acceptors (Lipinski definition) is 5. The van der Waals surface area contributed by atoms with Gasteiger partial charge >= 0.3 is 0 Å². The number of aryl methyl sites for hydroxylation is 1. The molecule has 32 heavy (non-hydrogen) atoms. The number of carbonyl (C=O) groups excluding carboxylic acids is 2. The molecule has 0 saturated carbocycles. The van der Waals surface area contributed by atoms with Gasteiger partial charge in [0.25, 0.3) is 11.8 Å². The number of hydrogen-bond donors (Lipinski definition) is 1. The Balaban J connectivity index is 1.41. The lowest BCUT2D eigenvalue weighted by molar-refractivity contribution is 0.0790. The van der Waals surface area contributed by atoms with E-state index in [-0.39, 0.29) is 24.2 Å². The highest BCUT2D eigenvalue weighted by atomic mass is 19.1. The lowest BCUT2D eigenvalue weighted by Gasteiger charge is -2.17. The molecule has 0 spiro atoms. The van der Waals surface area contributed by atoms with Gasteiger partial charge in [-0.05, 0) is 49.2 Å². The third-order valence-corrected chi connectivity index (χ3v) is 5.48. The molecule has 0 aliphatic carbocycles. The zero-order valence-corrected chi connectivity index (χ0v) is 17.6. The first-order chi connectivity index (χ1) is 15.4. The summed E-state index contributed by atoms with van der Waals surface area (Å²) in [6.45, 7) is 3.00. The van der Waals surface area contributed by atoms with E-state index in [0.29, 0.717) is 47.0 Å². The zero-order valence-electron chi connectivity index (χ0n) is 17.6. The molecule has 1 saturated heterocycles. The SMILES string of the molecule is Cc1nc([C@@H]2CCN(C(=O)c3cccc(OCc4cccc(F)c4)c3)C2)ncc1C(N)=O. The number of benzene rings is 2. The minimum atomic E-state index is -0.559. The van der Waals surface area contributed by atoms with Crippen molar-refractivity contribution < 1.29 is 18.7 Å². The summed E-state index contributed by atoms with van der Waals surface area (Å²) in [6.07, 6.45) is 2.18. The fourth-order valence-electron chi connectivity index (χ4n) is 3.77. The fourth-order valence-corrected chi connectivity index (χ4v) is 3.77. The van der Waals surface area contributed by atoms with Crippen LogP contribution in [0.2, 0.25) is 0 Å². The largest absolute Gasteiger partial charge is 0.489 e. The summed E-state index contributed by atoms with van der Waals surface area (Å²) in [6, 6.07) is 13.2. The van der Waals surface area contributed by atoms with Crippen LogP contribution in [0, 0.1) is 12.7 Å². The van der Waals surface area contributed by atoms with Crippen LogP contribution in [-0.4, -0.2) is 39.8 Å². The number of nitrogens with zero attached hydrogens (tertiary/aromatic N) is 3. The maximum atomic E-state index is 13.3. The van der Waals surface area contributed by atoms with Crippen molar-refractivity contribution in [2.24, 2.45) is 5.73 Å². The number of carbonyl (C=O) groups is 2. The Labute approximate surface area is 185 Å². The van der Waals surface area contributed by atoms with Crippen molar-refractivity contribution in [2.45, 2.75) is 25.9 Å². The molecule has 1 atom stereocenters. The van der Waals surface area contributed by atoms with Crippen molar-refractivity contribution >= 4 is 11.8 Å². The van der Waals surface area contributed by atoms with Crippen LogP contribution >= 0.6 is 0 Å². The smallest absolute Gasteiger partial charge is 0.254 e. The Kier molecular flexibility index (Phi) is 6.11. The number of ether oxygens (including phenoxy) is 1. The Morgan fingerprint density at radius 2 is 2.03 bits per heavy atom. The molecule has 2 amide bonds. The molecule has 4 rings (SSSR count). The number of nitrogens with two attached hydrogens (primary N) is 1. The van der Waals surface area contributed by atoms with Crippen LogP contribution in [-0.2, 0) is 6.61 Å². The molecular weight excluding hydrogens is 411 g/mol. The van der Waals surface area contributed by atoms with E-state index in [1.165, 1.54) is 18.3 Å². The molecule has 3 aromatic rings. The highest BCUT2D eigenvalue weighted by molar-refractivity contribution is 5.95. The van der Waals surface area contributed by atoms with Crippen molar-refractivity contribution in [1.82, 2.24) is 14.9 Å². The third kappa shape index (κ3) is 4.74. The van der Waals surface area contributed by atoms with Gasteiger partial charge in [0.1, 0.15) is 24.0 Å². The molecule has 1 aliphatic heterocycles. The van der Waals surface area contributed by atoms with Crippen molar-refractivity contribution in [3.63, 3.8) is 0 Å². The van der Waals surface area contributed by atoms with Crippen LogP contribution in [0.5, 0.6) is 5.75 Å². The maximum Gasteiger partial charge on any atom is 0.254 e. The van der Waals surface area contributed by atoms with Gasteiger partial charge in [-0.1, -0.05) is 18.2 Å². The first-order valence-electron chi connectivity index (χ1n) is 10.3.